The van der Waals surface area contributed by atoms with E-state index in [0.717, 1.165) is 18.4 Å². The smallest absolute Gasteiger partial charge is 0.234 e. The molecular weight excluding hydrogens is 299 g/mol. The highest BCUT2D eigenvalue weighted by Gasteiger charge is 2.30. The maximum atomic E-state index is 11.7. The summed E-state index contributed by atoms with van der Waals surface area (Å²) in [5, 5.41) is 5.03. The van der Waals surface area contributed by atoms with Crippen molar-refractivity contribution in [2.45, 2.75) is 25.7 Å². The van der Waals surface area contributed by atoms with E-state index < -0.39 is 0 Å². The summed E-state index contributed by atoms with van der Waals surface area (Å²) in [6.45, 7) is 0. The van der Waals surface area contributed by atoms with Gasteiger partial charge < -0.3 is 4.52 Å². The lowest BCUT2D eigenvalue weighted by molar-refractivity contribution is -0.119. The van der Waals surface area contributed by atoms with Gasteiger partial charge in [0, 0.05) is 22.4 Å². The van der Waals surface area contributed by atoms with Gasteiger partial charge in [0.1, 0.15) is 5.78 Å². The molecule has 1 fully saturated rings. The van der Waals surface area contributed by atoms with E-state index in [4.69, 9.17) is 27.7 Å². The van der Waals surface area contributed by atoms with Gasteiger partial charge >= 0.3 is 0 Å². The quantitative estimate of drug-likeness (QED) is 0.848. The maximum absolute atomic E-state index is 11.7. The molecule has 4 nitrogen and oxygen atoms in total. The van der Waals surface area contributed by atoms with E-state index in [1.165, 1.54) is 0 Å². The Hall–Kier alpha value is -1.39. The Morgan fingerprint density at radius 1 is 1.35 bits per heavy atom. The molecule has 0 N–H and O–H groups in total. The first-order valence-corrected chi connectivity index (χ1v) is 7.15. The fourth-order valence-corrected chi connectivity index (χ4v) is 2.44. The molecule has 1 heterocycles. The summed E-state index contributed by atoms with van der Waals surface area (Å²) in [7, 11) is 0. The highest BCUT2D eigenvalue weighted by Crippen LogP contribution is 2.30. The van der Waals surface area contributed by atoms with E-state index >= 15 is 0 Å². The van der Waals surface area contributed by atoms with Crippen molar-refractivity contribution < 1.29 is 9.32 Å². The molecule has 2 aromatic rings. The van der Waals surface area contributed by atoms with Crippen molar-refractivity contribution in [3.05, 3.63) is 45.5 Å². The molecule has 104 valence electrons. The number of Topliss-reactive ketones (excluding diaryl/α,β-unsaturated/α-hetero) is 1. The molecule has 6 heteroatoms. The molecule has 0 spiro atoms. The molecule has 1 aromatic carbocycles. The zero-order chi connectivity index (χ0) is 14.1. The first kappa shape index (κ1) is 13.6. The Balaban J connectivity index is 1.68. The Morgan fingerprint density at radius 3 is 2.85 bits per heavy atom. The van der Waals surface area contributed by atoms with Crippen molar-refractivity contribution in [1.82, 2.24) is 10.1 Å². The lowest BCUT2D eigenvalue weighted by atomic mass is 10.1. The third kappa shape index (κ3) is 3.19. The highest BCUT2D eigenvalue weighted by atomic mass is 35.5. The lowest BCUT2D eigenvalue weighted by Crippen LogP contribution is -2.05. The van der Waals surface area contributed by atoms with Gasteiger partial charge in [-0.1, -0.05) is 34.4 Å². The van der Waals surface area contributed by atoms with Crippen LogP contribution in [0.15, 0.2) is 22.7 Å². The van der Waals surface area contributed by atoms with Crippen molar-refractivity contribution >= 4 is 29.0 Å². The van der Waals surface area contributed by atoms with Crippen molar-refractivity contribution in [2.75, 3.05) is 0 Å². The summed E-state index contributed by atoms with van der Waals surface area (Å²) in [4.78, 5) is 15.9. The number of benzene rings is 1. The minimum absolute atomic E-state index is 0.185. The normalized spacial score (nSPS) is 14.5. The number of nitrogens with zero attached hydrogens (tertiary/aromatic N) is 2. The van der Waals surface area contributed by atoms with Gasteiger partial charge in [-0.25, -0.2) is 0 Å². The topological polar surface area (TPSA) is 56.0 Å². The molecule has 1 aromatic heterocycles. The van der Waals surface area contributed by atoms with Crippen LogP contribution in [0.2, 0.25) is 10.0 Å². The number of hydrogen-bond acceptors (Lipinski definition) is 4. The van der Waals surface area contributed by atoms with Gasteiger partial charge in [-0.2, -0.15) is 4.98 Å². The van der Waals surface area contributed by atoms with E-state index in [9.17, 15) is 4.79 Å². The molecule has 0 bridgehead atoms. The number of ketones is 1. The molecule has 20 heavy (non-hydrogen) atoms. The molecule has 0 unspecified atom stereocenters. The number of aromatic nitrogens is 2. The van der Waals surface area contributed by atoms with E-state index in [2.05, 4.69) is 10.1 Å². The molecule has 1 saturated carbocycles. The van der Waals surface area contributed by atoms with Crippen molar-refractivity contribution in [3.63, 3.8) is 0 Å². The molecular formula is C14H12Cl2N2O2. The largest absolute Gasteiger partial charge is 0.339 e. The predicted octanol–water partition coefficient (Wildman–Crippen LogP) is 3.49. The van der Waals surface area contributed by atoms with Crippen LogP contribution in [0.25, 0.3) is 0 Å². The molecule has 1 aliphatic carbocycles. The minimum Gasteiger partial charge on any atom is -0.339 e. The summed E-state index contributed by atoms with van der Waals surface area (Å²) >= 11 is 11.9. The van der Waals surface area contributed by atoms with Crippen LogP contribution in [0.3, 0.4) is 0 Å². The van der Waals surface area contributed by atoms with Crippen LogP contribution in [-0.2, 0) is 17.6 Å². The fraction of sp³-hybridized carbons (Fsp3) is 0.357. The van der Waals surface area contributed by atoms with Crippen molar-refractivity contribution in [3.8, 4) is 0 Å². The van der Waals surface area contributed by atoms with Gasteiger partial charge in [0.15, 0.2) is 5.82 Å². The molecule has 0 atom stereocenters. The average molecular weight is 311 g/mol. The van der Waals surface area contributed by atoms with Crippen LogP contribution in [-0.4, -0.2) is 15.9 Å². The summed E-state index contributed by atoms with van der Waals surface area (Å²) in [5.74, 6) is 1.29. The summed E-state index contributed by atoms with van der Waals surface area (Å²) in [6, 6.07) is 5.27. The second-order valence-corrected chi connectivity index (χ2v) is 5.78. The number of carbonyl (C=O) groups excluding carboxylic acids is 1. The van der Waals surface area contributed by atoms with E-state index in [1.54, 1.807) is 12.1 Å². The van der Waals surface area contributed by atoms with E-state index in [-0.39, 0.29) is 18.1 Å². The Labute approximate surface area is 126 Å². The zero-order valence-corrected chi connectivity index (χ0v) is 12.1. The maximum Gasteiger partial charge on any atom is 0.234 e. The van der Waals surface area contributed by atoms with Crippen LogP contribution in [0.4, 0.5) is 0 Å². The van der Waals surface area contributed by atoms with Gasteiger partial charge in [-0.05, 0) is 30.5 Å². The van der Waals surface area contributed by atoms with Crippen LogP contribution < -0.4 is 0 Å². The number of rotatable bonds is 5. The molecule has 0 saturated heterocycles. The van der Waals surface area contributed by atoms with E-state index in [1.807, 2.05) is 6.07 Å². The van der Waals surface area contributed by atoms with Crippen LogP contribution in [0, 0.1) is 5.92 Å². The minimum atomic E-state index is 0.185. The SMILES string of the molecule is O=C(Cc1nc(Cc2ccc(Cl)cc2Cl)no1)C1CC1. The van der Waals surface area contributed by atoms with Crippen LogP contribution in [0.1, 0.15) is 30.1 Å². The Kier molecular flexibility index (Phi) is 3.76. The number of hydrogen-bond donors (Lipinski definition) is 0. The second kappa shape index (κ2) is 5.54. The first-order valence-electron chi connectivity index (χ1n) is 6.40. The predicted molar refractivity (Wildman–Crippen MR) is 75.0 cm³/mol. The third-order valence-corrected chi connectivity index (χ3v) is 3.82. The molecule has 1 aliphatic rings. The third-order valence-electron chi connectivity index (χ3n) is 3.23. The molecule has 3 rings (SSSR count). The molecule has 0 radical (unpaired) electrons. The molecule has 0 aliphatic heterocycles. The highest BCUT2D eigenvalue weighted by molar-refractivity contribution is 6.35. The number of carbonyl (C=O) groups is 1. The summed E-state index contributed by atoms with van der Waals surface area (Å²) in [6.07, 6.45) is 2.66. The number of halogens is 2. The van der Waals surface area contributed by atoms with Crippen LogP contribution >= 0.6 is 23.2 Å². The Morgan fingerprint density at radius 2 is 2.15 bits per heavy atom. The first-order chi connectivity index (χ1) is 9.61. The van der Waals surface area contributed by atoms with Gasteiger partial charge in [0.25, 0.3) is 0 Å². The van der Waals surface area contributed by atoms with Gasteiger partial charge in [0.05, 0.1) is 6.42 Å². The average Bonchev–Trinajstić information content (AvgIpc) is 3.16. The van der Waals surface area contributed by atoms with Gasteiger partial charge in [-0.3, -0.25) is 4.79 Å². The zero-order valence-electron chi connectivity index (χ0n) is 10.6. The van der Waals surface area contributed by atoms with Gasteiger partial charge in [0.2, 0.25) is 5.89 Å². The van der Waals surface area contributed by atoms with Gasteiger partial charge in [-0.15, -0.1) is 0 Å². The summed E-state index contributed by atoms with van der Waals surface area (Å²) in [5.41, 5.74) is 0.872. The lowest BCUT2D eigenvalue weighted by Gasteiger charge is -2.00. The van der Waals surface area contributed by atoms with E-state index in [0.29, 0.717) is 28.2 Å². The molecule has 0 amide bonds. The van der Waals surface area contributed by atoms with Crippen molar-refractivity contribution in [1.29, 1.82) is 0 Å². The second-order valence-electron chi connectivity index (χ2n) is 4.93. The fourth-order valence-electron chi connectivity index (χ4n) is 1.97. The van der Waals surface area contributed by atoms with Crippen molar-refractivity contribution in [2.24, 2.45) is 5.92 Å². The Bertz CT molecular complexity index is 650. The summed E-state index contributed by atoms with van der Waals surface area (Å²) < 4.78 is 5.10. The monoisotopic (exact) mass is 310 g/mol. The standard InChI is InChI=1S/C14H12Cl2N2O2/c15-10-4-3-9(11(16)6-10)5-13-17-14(20-18-13)7-12(19)8-1-2-8/h3-4,6,8H,1-2,5,7H2. The van der Waals surface area contributed by atoms with Crippen LogP contribution in [0.5, 0.6) is 0 Å².